The molecule has 24 heavy (non-hydrogen) atoms. The topological polar surface area (TPSA) is 93.8 Å². The fraction of sp³-hybridized carbons (Fsp3) is 0.250. The number of Topliss-reactive ketones (excluding diaryl/α,β-unsaturated/α-hetero) is 1. The molecule has 0 amide bonds. The standard InChI is InChI=1S/C16H16ClN3O4/c1-4-24-16(22)13-12(14(21)15(17)19-23)10(3)20(18-13)11-7-5-9(2)6-8-11/h5-8,23H,4H2,1-3H3/b19-15-. The Morgan fingerprint density at radius 1 is 1.29 bits per heavy atom. The Morgan fingerprint density at radius 2 is 1.92 bits per heavy atom. The van der Waals surface area contributed by atoms with Crippen LogP contribution in [0, 0.1) is 13.8 Å². The van der Waals surface area contributed by atoms with Gasteiger partial charge in [-0.05, 0) is 32.9 Å². The number of carbonyl (C=O) groups is 2. The lowest BCUT2D eigenvalue weighted by atomic mass is 10.1. The van der Waals surface area contributed by atoms with Gasteiger partial charge in [0.25, 0.3) is 0 Å². The van der Waals surface area contributed by atoms with Crippen molar-refractivity contribution in [3.8, 4) is 5.69 Å². The van der Waals surface area contributed by atoms with Gasteiger partial charge in [-0.3, -0.25) is 4.79 Å². The molecule has 0 radical (unpaired) electrons. The van der Waals surface area contributed by atoms with Crippen LogP contribution in [0.4, 0.5) is 0 Å². The molecule has 0 fully saturated rings. The summed E-state index contributed by atoms with van der Waals surface area (Å²) in [6, 6.07) is 7.37. The molecule has 0 aliphatic rings. The number of aryl methyl sites for hydroxylation is 1. The molecule has 0 spiro atoms. The molecular formula is C16H16ClN3O4. The lowest BCUT2D eigenvalue weighted by Gasteiger charge is -2.05. The summed E-state index contributed by atoms with van der Waals surface area (Å²) in [7, 11) is 0. The summed E-state index contributed by atoms with van der Waals surface area (Å²) in [5.74, 6) is -1.56. The molecule has 2 aromatic rings. The molecule has 8 heteroatoms. The highest BCUT2D eigenvalue weighted by Gasteiger charge is 2.29. The average molecular weight is 350 g/mol. The van der Waals surface area contributed by atoms with Crippen molar-refractivity contribution in [3.05, 3.63) is 46.8 Å². The zero-order valence-electron chi connectivity index (χ0n) is 13.4. The number of hydrogen-bond acceptors (Lipinski definition) is 6. The van der Waals surface area contributed by atoms with E-state index in [0.29, 0.717) is 11.4 Å². The highest BCUT2D eigenvalue weighted by molar-refractivity contribution is 6.85. The maximum Gasteiger partial charge on any atom is 0.359 e. The number of nitrogens with zero attached hydrogens (tertiary/aromatic N) is 3. The molecule has 126 valence electrons. The van der Waals surface area contributed by atoms with Crippen LogP contribution in [0.15, 0.2) is 29.4 Å². The van der Waals surface area contributed by atoms with Gasteiger partial charge >= 0.3 is 5.97 Å². The van der Waals surface area contributed by atoms with Crippen molar-refractivity contribution in [1.82, 2.24) is 9.78 Å². The van der Waals surface area contributed by atoms with Gasteiger partial charge in [-0.2, -0.15) is 5.10 Å². The van der Waals surface area contributed by atoms with Crippen molar-refractivity contribution < 1.29 is 19.5 Å². The van der Waals surface area contributed by atoms with Crippen molar-refractivity contribution in [2.45, 2.75) is 20.8 Å². The molecule has 0 aliphatic carbocycles. The number of ketones is 1. The Balaban J connectivity index is 2.65. The molecule has 0 unspecified atom stereocenters. The van der Waals surface area contributed by atoms with Crippen LogP contribution < -0.4 is 0 Å². The predicted molar refractivity (Wildman–Crippen MR) is 88.4 cm³/mol. The normalized spacial score (nSPS) is 11.4. The maximum atomic E-state index is 12.3. The fourth-order valence-electron chi connectivity index (χ4n) is 2.20. The third-order valence-corrected chi connectivity index (χ3v) is 3.61. The second kappa shape index (κ2) is 7.27. The quantitative estimate of drug-likeness (QED) is 0.294. The third-order valence-electron chi connectivity index (χ3n) is 3.37. The fourth-order valence-corrected chi connectivity index (χ4v) is 2.30. The van der Waals surface area contributed by atoms with Crippen LogP contribution >= 0.6 is 11.6 Å². The molecule has 1 aromatic heterocycles. The number of hydrogen-bond donors (Lipinski definition) is 1. The van der Waals surface area contributed by atoms with Crippen LogP contribution in [0.25, 0.3) is 5.69 Å². The molecule has 0 saturated carbocycles. The Morgan fingerprint density at radius 3 is 2.46 bits per heavy atom. The Hall–Kier alpha value is -2.67. The summed E-state index contributed by atoms with van der Waals surface area (Å²) < 4.78 is 6.39. The molecule has 2 rings (SSSR count). The molecule has 0 atom stereocenters. The molecule has 0 aliphatic heterocycles. The maximum absolute atomic E-state index is 12.3. The van der Waals surface area contributed by atoms with Crippen molar-refractivity contribution in [1.29, 1.82) is 0 Å². The van der Waals surface area contributed by atoms with Gasteiger partial charge in [-0.25, -0.2) is 9.48 Å². The van der Waals surface area contributed by atoms with E-state index < -0.39 is 16.9 Å². The highest BCUT2D eigenvalue weighted by atomic mass is 35.5. The Bertz CT molecular complexity index is 809. The first-order chi connectivity index (χ1) is 11.4. The van der Waals surface area contributed by atoms with Crippen LogP contribution in [0.1, 0.15) is 39.0 Å². The van der Waals surface area contributed by atoms with Gasteiger partial charge in [0, 0.05) is 0 Å². The van der Waals surface area contributed by atoms with E-state index in [1.807, 2.05) is 19.1 Å². The monoisotopic (exact) mass is 349 g/mol. The molecule has 1 N–H and O–H groups in total. The largest absolute Gasteiger partial charge is 0.461 e. The Kier molecular flexibility index (Phi) is 5.35. The van der Waals surface area contributed by atoms with E-state index in [-0.39, 0.29) is 17.9 Å². The number of benzene rings is 1. The summed E-state index contributed by atoms with van der Waals surface area (Å²) >= 11 is 5.61. The summed E-state index contributed by atoms with van der Waals surface area (Å²) in [5, 5.41) is 15.0. The number of esters is 1. The van der Waals surface area contributed by atoms with E-state index in [4.69, 9.17) is 21.5 Å². The molecule has 1 aromatic carbocycles. The minimum absolute atomic E-state index is 0.0585. The van der Waals surface area contributed by atoms with Crippen molar-refractivity contribution in [3.63, 3.8) is 0 Å². The number of oxime groups is 1. The van der Waals surface area contributed by atoms with Gasteiger partial charge in [0.05, 0.1) is 23.6 Å². The summed E-state index contributed by atoms with van der Waals surface area (Å²) in [4.78, 5) is 24.5. The van der Waals surface area contributed by atoms with Crippen LogP contribution in [-0.4, -0.2) is 38.5 Å². The molecular weight excluding hydrogens is 334 g/mol. The van der Waals surface area contributed by atoms with E-state index in [0.717, 1.165) is 5.56 Å². The first-order valence-corrected chi connectivity index (χ1v) is 7.54. The Labute approximate surface area is 143 Å². The van der Waals surface area contributed by atoms with Gasteiger partial charge < -0.3 is 9.94 Å². The van der Waals surface area contributed by atoms with Crippen molar-refractivity contribution in [2.24, 2.45) is 5.16 Å². The van der Waals surface area contributed by atoms with E-state index in [2.05, 4.69) is 10.3 Å². The summed E-state index contributed by atoms with van der Waals surface area (Å²) in [6.45, 7) is 5.33. The minimum atomic E-state index is -0.807. The van der Waals surface area contributed by atoms with Crippen molar-refractivity contribution >= 4 is 28.5 Å². The van der Waals surface area contributed by atoms with Crippen LogP contribution in [0.2, 0.25) is 0 Å². The summed E-state index contributed by atoms with van der Waals surface area (Å²) in [5.41, 5.74) is 1.87. The SMILES string of the molecule is CCOC(=O)c1nn(-c2ccc(C)cc2)c(C)c1C(=O)/C(Cl)=N/O. The van der Waals surface area contributed by atoms with Crippen molar-refractivity contribution in [2.75, 3.05) is 6.61 Å². The van der Waals surface area contributed by atoms with Gasteiger partial charge in [0.2, 0.25) is 11.0 Å². The van der Waals surface area contributed by atoms with E-state index >= 15 is 0 Å². The number of ether oxygens (including phenoxy) is 1. The second-order valence-corrected chi connectivity index (χ2v) is 5.35. The lowest BCUT2D eigenvalue weighted by molar-refractivity contribution is 0.0516. The molecule has 0 saturated heterocycles. The zero-order chi connectivity index (χ0) is 17.9. The van der Waals surface area contributed by atoms with E-state index in [1.165, 1.54) is 4.68 Å². The average Bonchev–Trinajstić information content (AvgIpc) is 2.92. The molecule has 7 nitrogen and oxygen atoms in total. The van der Waals surface area contributed by atoms with Crippen LogP contribution in [-0.2, 0) is 4.74 Å². The molecule has 0 bridgehead atoms. The predicted octanol–water partition coefficient (Wildman–Crippen LogP) is 2.88. The highest BCUT2D eigenvalue weighted by Crippen LogP contribution is 2.21. The van der Waals surface area contributed by atoms with E-state index in [1.54, 1.807) is 26.0 Å². The van der Waals surface area contributed by atoms with Gasteiger partial charge in [0.1, 0.15) is 0 Å². The number of aromatic nitrogens is 2. The van der Waals surface area contributed by atoms with Gasteiger partial charge in [-0.15, -0.1) is 0 Å². The van der Waals surface area contributed by atoms with E-state index in [9.17, 15) is 9.59 Å². The number of carbonyl (C=O) groups excluding carboxylic acids is 2. The smallest absolute Gasteiger partial charge is 0.359 e. The van der Waals surface area contributed by atoms with Gasteiger partial charge in [0.15, 0.2) is 5.69 Å². The minimum Gasteiger partial charge on any atom is -0.461 e. The van der Waals surface area contributed by atoms with Crippen LogP contribution in [0.3, 0.4) is 0 Å². The summed E-state index contributed by atoms with van der Waals surface area (Å²) in [6.07, 6.45) is 0. The van der Waals surface area contributed by atoms with Crippen LogP contribution in [0.5, 0.6) is 0 Å². The first kappa shape index (κ1) is 17.7. The number of rotatable bonds is 5. The zero-order valence-corrected chi connectivity index (χ0v) is 14.2. The lowest BCUT2D eigenvalue weighted by Crippen LogP contribution is -2.15. The van der Waals surface area contributed by atoms with Gasteiger partial charge in [-0.1, -0.05) is 34.5 Å². The first-order valence-electron chi connectivity index (χ1n) is 7.16. The third kappa shape index (κ3) is 3.30. The number of halogens is 1. The second-order valence-electron chi connectivity index (χ2n) is 5.00. The molecule has 1 heterocycles.